The highest BCUT2D eigenvalue weighted by Gasteiger charge is 2.28. The van der Waals surface area contributed by atoms with Crippen LogP contribution in [0.3, 0.4) is 0 Å². The Kier molecular flexibility index (Phi) is 9.23. The van der Waals surface area contributed by atoms with Crippen molar-refractivity contribution >= 4 is 17.5 Å². The lowest BCUT2D eigenvalue weighted by Crippen LogP contribution is -2.46. The number of ether oxygens (including phenoxy) is 2. The third kappa shape index (κ3) is 6.80. The number of fused-ring (bicyclic) bond motifs is 1. The molecule has 0 fully saturated rings. The van der Waals surface area contributed by atoms with Crippen molar-refractivity contribution in [3.05, 3.63) is 59.4 Å². The molecule has 3 atom stereocenters. The van der Waals surface area contributed by atoms with E-state index in [1.54, 1.807) is 37.3 Å². The quantitative estimate of drug-likeness (QED) is 0.684. The van der Waals surface area contributed by atoms with E-state index in [2.05, 4.69) is 31.0 Å². The molecule has 1 N–H and O–H groups in total. The standard InChI is InChI=1S/C27H36FN3O4/c1-6-12-31-15-18(2)25(34-5)16-30(4)27(33)23-14-22(10-11-24(23)35-17-19(31)3)29-26(32)20-8-7-9-21(28)13-20/h7-11,13-14,18-19,25H,6,12,15-17H2,1-5H3,(H,29,32)/t18-,19-,25+/m0/s1. The van der Waals surface area contributed by atoms with Crippen molar-refractivity contribution in [2.75, 3.05) is 45.7 Å². The molecule has 35 heavy (non-hydrogen) atoms. The van der Waals surface area contributed by atoms with Crippen LogP contribution < -0.4 is 10.1 Å². The van der Waals surface area contributed by atoms with Crippen LogP contribution in [-0.4, -0.2) is 74.2 Å². The van der Waals surface area contributed by atoms with E-state index in [9.17, 15) is 14.0 Å². The molecule has 0 unspecified atom stereocenters. The topological polar surface area (TPSA) is 71.1 Å². The molecular formula is C27H36FN3O4. The smallest absolute Gasteiger partial charge is 0.257 e. The van der Waals surface area contributed by atoms with E-state index >= 15 is 0 Å². The number of halogens is 1. The number of nitrogens with zero attached hydrogens (tertiary/aromatic N) is 2. The van der Waals surface area contributed by atoms with Gasteiger partial charge in [0.05, 0.1) is 11.7 Å². The Bertz CT molecular complexity index is 1030. The Morgan fingerprint density at radius 2 is 1.97 bits per heavy atom. The second kappa shape index (κ2) is 12.1. The van der Waals surface area contributed by atoms with Crippen LogP contribution >= 0.6 is 0 Å². The first-order valence-electron chi connectivity index (χ1n) is 12.1. The fourth-order valence-corrected chi connectivity index (χ4v) is 4.36. The average Bonchev–Trinajstić information content (AvgIpc) is 2.84. The van der Waals surface area contributed by atoms with Crippen LogP contribution in [0.15, 0.2) is 42.5 Å². The molecule has 0 aromatic heterocycles. The number of benzene rings is 2. The molecule has 0 radical (unpaired) electrons. The van der Waals surface area contributed by atoms with Gasteiger partial charge in [-0.25, -0.2) is 4.39 Å². The zero-order valence-electron chi connectivity index (χ0n) is 21.2. The van der Waals surface area contributed by atoms with Crippen LogP contribution in [0.1, 0.15) is 47.9 Å². The van der Waals surface area contributed by atoms with E-state index in [0.717, 1.165) is 19.5 Å². The van der Waals surface area contributed by atoms with Gasteiger partial charge in [-0.2, -0.15) is 0 Å². The summed E-state index contributed by atoms with van der Waals surface area (Å²) in [5, 5.41) is 2.75. The van der Waals surface area contributed by atoms with Crippen LogP contribution in [0.25, 0.3) is 0 Å². The van der Waals surface area contributed by atoms with Crippen molar-refractivity contribution in [1.82, 2.24) is 9.80 Å². The van der Waals surface area contributed by atoms with Crippen molar-refractivity contribution in [2.24, 2.45) is 5.92 Å². The summed E-state index contributed by atoms with van der Waals surface area (Å²) in [6.45, 7) is 9.05. The lowest BCUT2D eigenvalue weighted by molar-refractivity contribution is 0.0108. The number of carbonyl (C=O) groups excluding carboxylic acids is 2. The summed E-state index contributed by atoms with van der Waals surface area (Å²) < 4.78 is 25.4. The second-order valence-electron chi connectivity index (χ2n) is 9.27. The summed E-state index contributed by atoms with van der Waals surface area (Å²) in [5.74, 6) is -0.517. The van der Waals surface area contributed by atoms with E-state index in [1.807, 2.05) is 0 Å². The fourth-order valence-electron chi connectivity index (χ4n) is 4.36. The van der Waals surface area contributed by atoms with Gasteiger partial charge in [0, 0.05) is 44.5 Å². The van der Waals surface area contributed by atoms with Crippen molar-refractivity contribution in [2.45, 2.75) is 39.3 Å². The van der Waals surface area contributed by atoms with E-state index < -0.39 is 11.7 Å². The summed E-state index contributed by atoms with van der Waals surface area (Å²) in [7, 11) is 3.41. The van der Waals surface area contributed by atoms with Crippen LogP contribution in [-0.2, 0) is 4.74 Å². The molecule has 3 rings (SSSR count). The fraction of sp³-hybridized carbons (Fsp3) is 0.481. The molecule has 2 aromatic rings. The van der Waals surface area contributed by atoms with Crippen LogP contribution in [0.4, 0.5) is 10.1 Å². The maximum atomic E-state index is 13.5. The summed E-state index contributed by atoms with van der Waals surface area (Å²) in [4.78, 5) is 30.1. The van der Waals surface area contributed by atoms with Gasteiger partial charge in [-0.3, -0.25) is 14.5 Å². The third-order valence-corrected chi connectivity index (χ3v) is 6.43. The number of nitrogens with one attached hydrogen (secondary N) is 1. The van der Waals surface area contributed by atoms with Gasteiger partial charge in [0.2, 0.25) is 0 Å². The number of carbonyl (C=O) groups is 2. The number of hydrogen-bond donors (Lipinski definition) is 1. The molecule has 2 amide bonds. The molecule has 1 heterocycles. The maximum absolute atomic E-state index is 13.5. The summed E-state index contributed by atoms with van der Waals surface area (Å²) in [5.41, 5.74) is 0.967. The van der Waals surface area contributed by atoms with Gasteiger partial charge < -0.3 is 19.7 Å². The third-order valence-electron chi connectivity index (χ3n) is 6.43. The summed E-state index contributed by atoms with van der Waals surface area (Å²) in [6.07, 6.45) is 0.896. The Morgan fingerprint density at radius 1 is 1.20 bits per heavy atom. The van der Waals surface area contributed by atoms with Crippen molar-refractivity contribution in [3.63, 3.8) is 0 Å². The van der Waals surface area contributed by atoms with Crippen LogP contribution in [0, 0.1) is 11.7 Å². The normalized spacial score (nSPS) is 21.9. The highest BCUT2D eigenvalue weighted by atomic mass is 19.1. The van der Waals surface area contributed by atoms with Crippen LogP contribution in [0.2, 0.25) is 0 Å². The molecule has 0 saturated heterocycles. The molecule has 0 bridgehead atoms. The molecule has 0 spiro atoms. The molecule has 0 aliphatic carbocycles. The number of likely N-dealkylation sites (N-methyl/N-ethyl adjacent to an activating group) is 1. The zero-order chi connectivity index (χ0) is 25.5. The molecule has 7 nitrogen and oxygen atoms in total. The van der Waals surface area contributed by atoms with Gasteiger partial charge in [0.1, 0.15) is 18.2 Å². The minimum absolute atomic E-state index is 0.129. The van der Waals surface area contributed by atoms with E-state index in [1.165, 1.54) is 24.3 Å². The van der Waals surface area contributed by atoms with Gasteiger partial charge in [0.25, 0.3) is 11.8 Å². The second-order valence-corrected chi connectivity index (χ2v) is 9.27. The SMILES string of the molecule is CCCN1C[C@H](C)[C@H](OC)CN(C)C(=O)c2cc(NC(=O)c3cccc(F)c3)ccc2OC[C@@H]1C. The van der Waals surface area contributed by atoms with Crippen molar-refractivity contribution < 1.29 is 23.5 Å². The lowest BCUT2D eigenvalue weighted by Gasteiger charge is -2.35. The molecule has 0 saturated carbocycles. The monoisotopic (exact) mass is 485 g/mol. The molecule has 190 valence electrons. The van der Waals surface area contributed by atoms with E-state index in [0.29, 0.717) is 30.2 Å². The van der Waals surface area contributed by atoms with Crippen LogP contribution in [0.5, 0.6) is 5.75 Å². The molecule has 2 aromatic carbocycles. The number of hydrogen-bond acceptors (Lipinski definition) is 5. The van der Waals surface area contributed by atoms with Crippen molar-refractivity contribution in [3.8, 4) is 5.75 Å². The van der Waals surface area contributed by atoms with Crippen molar-refractivity contribution in [1.29, 1.82) is 0 Å². The number of methoxy groups -OCH3 is 1. The van der Waals surface area contributed by atoms with Gasteiger partial charge in [-0.05, 0) is 62.2 Å². The Balaban J connectivity index is 1.92. The average molecular weight is 486 g/mol. The van der Waals surface area contributed by atoms with Gasteiger partial charge in [0.15, 0.2) is 0 Å². The van der Waals surface area contributed by atoms with Gasteiger partial charge >= 0.3 is 0 Å². The largest absolute Gasteiger partial charge is 0.491 e. The minimum atomic E-state index is -0.492. The first-order valence-corrected chi connectivity index (χ1v) is 12.1. The summed E-state index contributed by atoms with van der Waals surface area (Å²) in [6, 6.07) is 10.6. The highest BCUT2D eigenvalue weighted by molar-refractivity contribution is 6.05. The molecule has 1 aliphatic rings. The first-order chi connectivity index (χ1) is 16.7. The molecular weight excluding hydrogens is 449 g/mol. The predicted molar refractivity (Wildman–Crippen MR) is 135 cm³/mol. The Morgan fingerprint density at radius 3 is 2.66 bits per heavy atom. The zero-order valence-corrected chi connectivity index (χ0v) is 21.2. The molecule has 1 aliphatic heterocycles. The lowest BCUT2D eigenvalue weighted by atomic mass is 10.0. The van der Waals surface area contributed by atoms with E-state index in [-0.39, 0.29) is 29.5 Å². The molecule has 8 heteroatoms. The highest BCUT2D eigenvalue weighted by Crippen LogP contribution is 2.27. The number of amides is 2. The summed E-state index contributed by atoms with van der Waals surface area (Å²) >= 11 is 0. The maximum Gasteiger partial charge on any atom is 0.257 e. The Labute approximate surface area is 207 Å². The minimum Gasteiger partial charge on any atom is -0.491 e. The van der Waals surface area contributed by atoms with Gasteiger partial charge in [-0.1, -0.05) is 19.9 Å². The van der Waals surface area contributed by atoms with E-state index in [4.69, 9.17) is 9.47 Å². The first kappa shape index (κ1) is 26.6. The number of rotatable bonds is 5. The van der Waals surface area contributed by atoms with Gasteiger partial charge in [-0.15, -0.1) is 0 Å². The predicted octanol–water partition coefficient (Wildman–Crippen LogP) is 4.29. The Hall–Kier alpha value is -2.97. The number of anilines is 1.